The second-order valence-corrected chi connectivity index (χ2v) is 18.9. The van der Waals surface area contributed by atoms with Crippen LogP contribution in [0.3, 0.4) is 0 Å². The predicted octanol–water partition coefficient (Wildman–Crippen LogP) is 5.83. The van der Waals surface area contributed by atoms with E-state index in [1.165, 1.54) is 4.90 Å². The lowest BCUT2D eigenvalue weighted by Gasteiger charge is -2.44. The molecule has 0 bridgehead atoms. The highest BCUT2D eigenvalue weighted by molar-refractivity contribution is 6.99. The van der Waals surface area contributed by atoms with E-state index in [0.717, 1.165) is 27.1 Å². The molecule has 1 aliphatic heterocycles. The number of aromatic hydroxyl groups is 1. The molecule has 1 heterocycles. The molecule has 2 aliphatic rings. The molecular formula is C41H51NO6Si. The van der Waals surface area contributed by atoms with Gasteiger partial charge >= 0.3 is 0 Å². The van der Waals surface area contributed by atoms with E-state index in [2.05, 4.69) is 45.0 Å². The van der Waals surface area contributed by atoms with E-state index in [1.54, 1.807) is 18.2 Å². The summed E-state index contributed by atoms with van der Waals surface area (Å²) >= 11 is 0. The number of phenolic OH excluding ortho intramolecular Hbond substituents is 1. The number of hydrogen-bond donors (Lipinski definition) is 3. The fourth-order valence-electron chi connectivity index (χ4n) is 8.05. The second-order valence-electron chi connectivity index (χ2n) is 14.6. The number of phenols is 1. The van der Waals surface area contributed by atoms with Crippen molar-refractivity contribution < 1.29 is 29.3 Å². The van der Waals surface area contributed by atoms with Gasteiger partial charge in [-0.25, -0.2) is 0 Å². The molecule has 5 rings (SSSR count). The normalized spacial score (nSPS) is 20.9. The number of rotatable bonds is 13. The molecule has 0 radical (unpaired) electrons. The smallest absolute Gasteiger partial charge is 0.261 e. The first-order valence-corrected chi connectivity index (χ1v) is 19.4. The molecule has 0 unspecified atom stereocenters. The molecule has 49 heavy (non-hydrogen) atoms. The molecule has 4 atom stereocenters. The number of aliphatic hydroxyl groups excluding tert-OH is 2. The zero-order valence-corrected chi connectivity index (χ0v) is 30.4. The summed E-state index contributed by atoms with van der Waals surface area (Å²) in [4.78, 5) is 28.8. The Morgan fingerprint density at radius 1 is 0.980 bits per heavy atom. The summed E-state index contributed by atoms with van der Waals surface area (Å²) in [6.07, 6.45) is 2.91. The summed E-state index contributed by atoms with van der Waals surface area (Å²) in [7, 11) is -2.97. The van der Waals surface area contributed by atoms with Gasteiger partial charge in [0, 0.05) is 12.5 Å². The van der Waals surface area contributed by atoms with Gasteiger partial charge in [-0.05, 0) is 76.9 Å². The van der Waals surface area contributed by atoms with Crippen molar-refractivity contribution in [2.24, 2.45) is 17.8 Å². The number of allylic oxidation sites excluding steroid dienone is 1. The molecule has 7 nitrogen and oxygen atoms in total. The molecule has 1 saturated heterocycles. The topological polar surface area (TPSA) is 107 Å². The highest BCUT2D eigenvalue weighted by atomic mass is 28.4. The first-order chi connectivity index (χ1) is 23.4. The number of fused-ring (bicyclic) bond motifs is 1. The molecule has 8 heteroatoms. The lowest BCUT2D eigenvalue weighted by atomic mass is 9.68. The van der Waals surface area contributed by atoms with Crippen LogP contribution in [0.2, 0.25) is 5.04 Å². The summed E-state index contributed by atoms with van der Waals surface area (Å²) in [6.45, 7) is 10.7. The van der Waals surface area contributed by atoms with Gasteiger partial charge in [0.2, 0.25) is 11.8 Å². The minimum atomic E-state index is -2.97. The van der Waals surface area contributed by atoms with E-state index in [1.807, 2.05) is 62.4 Å². The van der Waals surface area contributed by atoms with Gasteiger partial charge in [0.15, 0.2) is 0 Å². The van der Waals surface area contributed by atoms with Crippen molar-refractivity contribution in [3.8, 4) is 5.75 Å². The van der Waals surface area contributed by atoms with Crippen LogP contribution in [0, 0.1) is 17.8 Å². The zero-order valence-electron chi connectivity index (χ0n) is 29.4. The third kappa shape index (κ3) is 7.38. The van der Waals surface area contributed by atoms with Crippen molar-refractivity contribution in [3.05, 3.63) is 107 Å². The third-order valence-corrected chi connectivity index (χ3v) is 15.2. The molecule has 0 saturated carbocycles. The Morgan fingerprint density at radius 3 is 2.16 bits per heavy atom. The highest BCUT2D eigenvalue weighted by Crippen LogP contribution is 2.47. The Bertz CT molecular complexity index is 1640. The summed E-state index contributed by atoms with van der Waals surface area (Å²) in [5.74, 6) is -2.27. The van der Waals surface area contributed by atoms with Crippen molar-refractivity contribution in [1.29, 1.82) is 0 Å². The Morgan fingerprint density at radius 2 is 1.61 bits per heavy atom. The number of carbonyl (C=O) groups excluding carboxylic acids is 2. The van der Waals surface area contributed by atoms with Crippen LogP contribution in [0.4, 0.5) is 0 Å². The van der Waals surface area contributed by atoms with Gasteiger partial charge in [0.05, 0.1) is 31.2 Å². The van der Waals surface area contributed by atoms with E-state index in [9.17, 15) is 24.9 Å². The Labute approximate surface area is 292 Å². The van der Waals surface area contributed by atoms with Crippen molar-refractivity contribution >= 4 is 36.6 Å². The number of carbonyl (C=O) groups is 2. The minimum Gasteiger partial charge on any atom is -0.508 e. The summed E-state index contributed by atoms with van der Waals surface area (Å²) in [6, 6.07) is 27.7. The van der Waals surface area contributed by atoms with Gasteiger partial charge in [-0.3, -0.25) is 14.5 Å². The summed E-state index contributed by atoms with van der Waals surface area (Å²) < 4.78 is 7.32. The van der Waals surface area contributed by atoms with Gasteiger partial charge in [-0.1, -0.05) is 112 Å². The van der Waals surface area contributed by atoms with Crippen LogP contribution >= 0.6 is 0 Å². The lowest BCUT2D eigenvalue weighted by Crippen LogP contribution is -2.66. The van der Waals surface area contributed by atoms with E-state index in [4.69, 9.17) is 4.43 Å². The monoisotopic (exact) mass is 681 g/mol. The van der Waals surface area contributed by atoms with Gasteiger partial charge in [-0.2, -0.15) is 0 Å². The maximum absolute atomic E-state index is 13.7. The molecule has 0 spiro atoms. The van der Waals surface area contributed by atoms with Crippen molar-refractivity contribution in [1.82, 2.24) is 4.90 Å². The summed E-state index contributed by atoms with van der Waals surface area (Å²) in [5, 5.41) is 34.8. The molecule has 0 aromatic heterocycles. The van der Waals surface area contributed by atoms with Gasteiger partial charge in [0.25, 0.3) is 8.32 Å². The van der Waals surface area contributed by atoms with Crippen LogP contribution in [0.25, 0.3) is 6.08 Å². The molecule has 3 aromatic rings. The van der Waals surface area contributed by atoms with Crippen LogP contribution in [-0.4, -0.2) is 66.2 Å². The Balaban J connectivity index is 1.56. The predicted molar refractivity (Wildman–Crippen MR) is 197 cm³/mol. The molecule has 3 aromatic carbocycles. The number of aliphatic hydroxyl groups is 2. The lowest BCUT2D eigenvalue weighted by molar-refractivity contribution is -0.140. The summed E-state index contributed by atoms with van der Waals surface area (Å²) in [5.41, 5.74) is 3.32. The Kier molecular flexibility index (Phi) is 11.4. The molecular weight excluding hydrogens is 631 g/mol. The molecule has 3 N–H and O–H groups in total. The van der Waals surface area contributed by atoms with Crippen LogP contribution in [0.15, 0.2) is 102 Å². The van der Waals surface area contributed by atoms with Crippen molar-refractivity contribution in [2.75, 3.05) is 19.8 Å². The van der Waals surface area contributed by atoms with Gasteiger partial charge < -0.3 is 19.7 Å². The number of likely N-dealkylation sites (tertiary alicyclic amines) is 1. The first kappa shape index (κ1) is 36.5. The maximum atomic E-state index is 13.7. The molecule has 2 amide bonds. The number of amides is 2. The van der Waals surface area contributed by atoms with Crippen LogP contribution in [0.1, 0.15) is 65.9 Å². The second kappa shape index (κ2) is 15.4. The SMILES string of the molecule is CCCN1C(=O)[C@@H]2[C@@H](CC(CO[Si](c3ccccc3)(c3ccccc3)C(C)(C)C)=C([C@H](O)CC/C(C)=C/c3cccc(O)c3)[C@@H]2CO)C1=O. The quantitative estimate of drug-likeness (QED) is 0.119. The standard InChI is InChI=1S/C41H51NO6Si/c1-6-22-42-39(46)34-25-30(27-48-49(41(3,4)5,32-16-9-7-10-17-32)33-18-11-8-12-19-33)37(35(26-43)38(34)40(42)47)36(45)21-20-28(2)23-29-14-13-15-31(44)24-29/h7-19,23-24,34-36,38,43-45H,6,20-22,25-27H2,1-5H3/b28-23+/t34-,35+,36-,38-/m1/s1. The molecule has 260 valence electrons. The van der Waals surface area contributed by atoms with Crippen LogP contribution in [0.5, 0.6) is 5.75 Å². The van der Waals surface area contributed by atoms with Gasteiger partial charge in [-0.15, -0.1) is 0 Å². The number of hydrogen-bond acceptors (Lipinski definition) is 6. The van der Waals surface area contributed by atoms with Crippen molar-refractivity contribution in [3.63, 3.8) is 0 Å². The molecule has 1 fully saturated rings. The zero-order chi connectivity index (χ0) is 35.3. The van der Waals surface area contributed by atoms with Crippen LogP contribution in [-0.2, 0) is 14.0 Å². The number of nitrogens with zero attached hydrogens (tertiary/aromatic N) is 1. The van der Waals surface area contributed by atoms with E-state index in [-0.39, 0.29) is 35.8 Å². The Hall–Kier alpha value is -3.82. The number of imide groups is 1. The van der Waals surface area contributed by atoms with E-state index < -0.39 is 32.2 Å². The highest BCUT2D eigenvalue weighted by Gasteiger charge is 2.55. The van der Waals surface area contributed by atoms with Gasteiger partial charge in [0.1, 0.15) is 5.75 Å². The van der Waals surface area contributed by atoms with E-state index >= 15 is 0 Å². The maximum Gasteiger partial charge on any atom is 0.261 e. The number of benzene rings is 3. The average molecular weight is 682 g/mol. The van der Waals surface area contributed by atoms with Crippen LogP contribution < -0.4 is 10.4 Å². The largest absolute Gasteiger partial charge is 0.508 e. The third-order valence-electron chi connectivity index (χ3n) is 10.3. The minimum absolute atomic E-state index is 0.173. The fraction of sp³-hybridized carbons (Fsp3) is 0.415. The first-order valence-electron chi connectivity index (χ1n) is 17.5. The van der Waals surface area contributed by atoms with E-state index in [0.29, 0.717) is 37.8 Å². The molecule has 1 aliphatic carbocycles. The van der Waals surface area contributed by atoms with Crippen molar-refractivity contribution in [2.45, 2.75) is 71.4 Å². The average Bonchev–Trinajstić information content (AvgIpc) is 3.31. The fourth-order valence-corrected chi connectivity index (χ4v) is 12.6.